The number of likely N-dealkylation sites (N-methyl/N-ethyl adjacent to an activating group) is 1. The summed E-state index contributed by atoms with van der Waals surface area (Å²) in [4.78, 5) is 14.1. The molecule has 5 nitrogen and oxygen atoms in total. The summed E-state index contributed by atoms with van der Waals surface area (Å²) in [6.07, 6.45) is 1.63. The summed E-state index contributed by atoms with van der Waals surface area (Å²) in [6, 6.07) is 0. The quantitative estimate of drug-likeness (QED) is 0.838. The van der Waals surface area contributed by atoms with E-state index in [-0.39, 0.29) is 10.6 Å². The topological polar surface area (TPSA) is 50.2 Å². The molecule has 0 radical (unpaired) electrons. The highest BCUT2D eigenvalue weighted by atomic mass is 35.5. The van der Waals surface area contributed by atoms with E-state index in [1.54, 1.807) is 6.20 Å². The van der Waals surface area contributed by atoms with Gasteiger partial charge in [0, 0.05) is 13.1 Å². The van der Waals surface area contributed by atoms with Gasteiger partial charge in [-0.3, -0.25) is 4.79 Å². The van der Waals surface area contributed by atoms with Crippen LogP contribution < -0.4 is 10.9 Å². The van der Waals surface area contributed by atoms with Crippen molar-refractivity contribution in [2.24, 2.45) is 11.8 Å². The van der Waals surface area contributed by atoms with Crippen LogP contribution in [0.5, 0.6) is 0 Å². The standard InChI is InChI=1S/C14H25ClN4O/c1-10(2)11(3)8-16-12-9-17-19(7-6-18(4)5)14(20)13(12)15/h9-11,16H,6-8H2,1-5H3. The van der Waals surface area contributed by atoms with Crippen molar-refractivity contribution in [2.45, 2.75) is 27.3 Å². The Morgan fingerprint density at radius 1 is 1.40 bits per heavy atom. The van der Waals surface area contributed by atoms with Gasteiger partial charge in [0.15, 0.2) is 0 Å². The molecule has 0 saturated carbocycles. The molecule has 114 valence electrons. The molecule has 0 amide bonds. The summed E-state index contributed by atoms with van der Waals surface area (Å²) >= 11 is 6.13. The molecule has 0 bridgehead atoms. The molecule has 0 saturated heterocycles. The van der Waals surface area contributed by atoms with Crippen LogP contribution in [0.4, 0.5) is 5.69 Å². The Morgan fingerprint density at radius 3 is 2.60 bits per heavy atom. The first-order valence-corrected chi connectivity index (χ1v) is 7.35. The van der Waals surface area contributed by atoms with Gasteiger partial charge in [0.25, 0.3) is 5.56 Å². The fourth-order valence-electron chi connectivity index (χ4n) is 1.55. The van der Waals surface area contributed by atoms with Crippen LogP contribution in [-0.4, -0.2) is 41.9 Å². The third-order valence-corrected chi connectivity index (χ3v) is 3.86. The van der Waals surface area contributed by atoms with Crippen LogP contribution in [0.3, 0.4) is 0 Å². The van der Waals surface area contributed by atoms with E-state index in [2.05, 4.69) is 31.2 Å². The zero-order chi connectivity index (χ0) is 15.3. The third kappa shape index (κ3) is 4.80. The first kappa shape index (κ1) is 17.0. The van der Waals surface area contributed by atoms with Crippen molar-refractivity contribution in [1.82, 2.24) is 14.7 Å². The first-order valence-electron chi connectivity index (χ1n) is 6.97. The maximum Gasteiger partial charge on any atom is 0.287 e. The molecule has 1 rings (SSSR count). The number of nitrogens with one attached hydrogen (secondary N) is 1. The van der Waals surface area contributed by atoms with Crippen LogP contribution in [0.25, 0.3) is 0 Å². The van der Waals surface area contributed by atoms with Gasteiger partial charge in [0.1, 0.15) is 5.02 Å². The van der Waals surface area contributed by atoms with E-state index in [1.807, 2.05) is 19.0 Å². The number of hydrogen-bond donors (Lipinski definition) is 1. The Morgan fingerprint density at radius 2 is 2.05 bits per heavy atom. The molecule has 0 aliphatic rings. The van der Waals surface area contributed by atoms with Crippen molar-refractivity contribution < 1.29 is 0 Å². The minimum absolute atomic E-state index is 0.217. The number of halogens is 1. The van der Waals surface area contributed by atoms with Gasteiger partial charge in [-0.1, -0.05) is 32.4 Å². The second-order valence-corrected chi connectivity index (χ2v) is 6.18. The van der Waals surface area contributed by atoms with Crippen LogP contribution >= 0.6 is 11.6 Å². The fourth-order valence-corrected chi connectivity index (χ4v) is 1.76. The molecule has 1 atom stereocenters. The normalized spacial score (nSPS) is 13.0. The predicted molar refractivity (Wildman–Crippen MR) is 84.6 cm³/mol. The van der Waals surface area contributed by atoms with E-state index < -0.39 is 0 Å². The molecule has 0 fully saturated rings. The molecule has 1 heterocycles. The molecular formula is C14H25ClN4O. The minimum Gasteiger partial charge on any atom is -0.382 e. The van der Waals surface area contributed by atoms with Gasteiger partial charge in [-0.05, 0) is 25.9 Å². The molecular weight excluding hydrogens is 276 g/mol. The summed E-state index contributed by atoms with van der Waals surface area (Å²) in [5.41, 5.74) is 0.376. The van der Waals surface area contributed by atoms with Crippen LogP contribution in [0, 0.1) is 11.8 Å². The Kier molecular flexibility index (Phi) is 6.49. The monoisotopic (exact) mass is 300 g/mol. The highest BCUT2D eigenvalue weighted by Crippen LogP contribution is 2.17. The Bertz CT molecular complexity index is 485. The smallest absolute Gasteiger partial charge is 0.287 e. The van der Waals surface area contributed by atoms with E-state index in [0.717, 1.165) is 13.1 Å². The molecule has 1 aromatic rings. The Labute approximate surface area is 125 Å². The fraction of sp³-hybridized carbons (Fsp3) is 0.714. The molecule has 1 N–H and O–H groups in total. The number of anilines is 1. The third-order valence-electron chi connectivity index (χ3n) is 3.50. The molecule has 0 aromatic carbocycles. The average molecular weight is 301 g/mol. The minimum atomic E-state index is -0.240. The van der Waals surface area contributed by atoms with Gasteiger partial charge in [0.05, 0.1) is 18.4 Å². The lowest BCUT2D eigenvalue weighted by Gasteiger charge is -2.17. The maximum atomic E-state index is 12.1. The van der Waals surface area contributed by atoms with Crippen molar-refractivity contribution in [2.75, 3.05) is 32.5 Å². The van der Waals surface area contributed by atoms with Crippen LogP contribution in [-0.2, 0) is 6.54 Å². The summed E-state index contributed by atoms with van der Waals surface area (Å²) in [6.45, 7) is 8.57. The molecule has 6 heteroatoms. The molecule has 0 aliphatic carbocycles. The van der Waals surface area contributed by atoms with Gasteiger partial charge in [0.2, 0.25) is 0 Å². The van der Waals surface area contributed by atoms with Gasteiger partial charge >= 0.3 is 0 Å². The van der Waals surface area contributed by atoms with Crippen LogP contribution in [0.2, 0.25) is 5.02 Å². The van der Waals surface area contributed by atoms with Crippen molar-refractivity contribution >= 4 is 17.3 Å². The zero-order valence-electron chi connectivity index (χ0n) is 13.0. The van der Waals surface area contributed by atoms with E-state index in [1.165, 1.54) is 4.68 Å². The lowest BCUT2D eigenvalue weighted by molar-refractivity contribution is 0.367. The molecule has 20 heavy (non-hydrogen) atoms. The van der Waals surface area contributed by atoms with Gasteiger partial charge in [-0.15, -0.1) is 0 Å². The molecule has 1 unspecified atom stereocenters. The predicted octanol–water partition coefficient (Wildman–Crippen LogP) is 2.16. The molecule has 0 aliphatic heterocycles. The number of aromatic nitrogens is 2. The van der Waals surface area contributed by atoms with Gasteiger partial charge in [-0.25, -0.2) is 4.68 Å². The SMILES string of the molecule is CC(C)C(C)CNc1cnn(CCN(C)C)c(=O)c1Cl. The van der Waals surface area contributed by atoms with Crippen molar-refractivity contribution in [3.8, 4) is 0 Å². The molecule has 0 spiro atoms. The van der Waals surface area contributed by atoms with E-state index in [0.29, 0.717) is 24.1 Å². The van der Waals surface area contributed by atoms with E-state index in [9.17, 15) is 4.79 Å². The van der Waals surface area contributed by atoms with E-state index >= 15 is 0 Å². The number of rotatable bonds is 7. The van der Waals surface area contributed by atoms with E-state index in [4.69, 9.17) is 11.6 Å². The van der Waals surface area contributed by atoms with Crippen molar-refractivity contribution in [1.29, 1.82) is 0 Å². The lowest BCUT2D eigenvalue weighted by Crippen LogP contribution is -2.29. The highest BCUT2D eigenvalue weighted by molar-refractivity contribution is 6.32. The Balaban J connectivity index is 2.76. The largest absolute Gasteiger partial charge is 0.382 e. The summed E-state index contributed by atoms with van der Waals surface area (Å²) in [5.74, 6) is 1.08. The maximum absolute atomic E-state index is 12.1. The summed E-state index contributed by atoms with van der Waals surface area (Å²) in [7, 11) is 3.91. The van der Waals surface area contributed by atoms with Crippen molar-refractivity contribution in [3.63, 3.8) is 0 Å². The van der Waals surface area contributed by atoms with Crippen LogP contribution in [0.1, 0.15) is 20.8 Å². The summed E-state index contributed by atoms with van der Waals surface area (Å²) < 4.78 is 1.40. The lowest BCUT2D eigenvalue weighted by atomic mass is 9.98. The second kappa shape index (κ2) is 7.64. The van der Waals surface area contributed by atoms with Gasteiger partial charge < -0.3 is 10.2 Å². The van der Waals surface area contributed by atoms with Crippen molar-refractivity contribution in [3.05, 3.63) is 21.6 Å². The number of hydrogen-bond acceptors (Lipinski definition) is 4. The van der Waals surface area contributed by atoms with Crippen LogP contribution in [0.15, 0.2) is 11.0 Å². The van der Waals surface area contributed by atoms with Gasteiger partial charge in [-0.2, -0.15) is 5.10 Å². The second-order valence-electron chi connectivity index (χ2n) is 5.81. The Hall–Kier alpha value is -1.07. The number of nitrogens with zero attached hydrogens (tertiary/aromatic N) is 3. The highest BCUT2D eigenvalue weighted by Gasteiger charge is 2.11. The first-order chi connectivity index (χ1) is 9.32. The summed E-state index contributed by atoms with van der Waals surface area (Å²) in [5, 5.41) is 7.59. The zero-order valence-corrected chi connectivity index (χ0v) is 13.7. The average Bonchev–Trinajstić information content (AvgIpc) is 2.38. The molecule has 1 aromatic heterocycles.